The smallest absolute Gasteiger partial charge is 0.246 e. The number of fused-ring (bicyclic) bond motifs is 1. The summed E-state index contributed by atoms with van der Waals surface area (Å²) >= 11 is 0. The zero-order chi connectivity index (χ0) is 25.4. The molecule has 5 rings (SSSR count). The Balaban J connectivity index is 1.42. The summed E-state index contributed by atoms with van der Waals surface area (Å²) in [6.45, 7) is 4.82. The van der Waals surface area contributed by atoms with E-state index in [1.54, 1.807) is 12.0 Å². The van der Waals surface area contributed by atoms with Crippen LogP contribution >= 0.6 is 0 Å². The van der Waals surface area contributed by atoms with E-state index in [9.17, 15) is 14.4 Å². The normalized spacial score (nSPS) is 31.1. The highest BCUT2D eigenvalue weighted by atomic mass is 16.5. The van der Waals surface area contributed by atoms with Crippen molar-refractivity contribution in [3.8, 4) is 0 Å². The summed E-state index contributed by atoms with van der Waals surface area (Å²) in [5.74, 6) is -2.05. The molecule has 0 unspecified atom stereocenters. The SMILES string of the molecule is COCCCN1C(=O)[C@@H]2[C@@H](C(=O)Nc3cc(C)cc(C)c3)[C@@H]3C=C[C@@]2(O3)[C@@H]1C(=O)NC1CCCCC1. The van der Waals surface area contributed by atoms with Crippen LogP contribution in [0.1, 0.15) is 49.7 Å². The van der Waals surface area contributed by atoms with Crippen molar-refractivity contribution in [3.63, 3.8) is 0 Å². The highest BCUT2D eigenvalue weighted by Gasteiger charge is 2.72. The van der Waals surface area contributed by atoms with E-state index < -0.39 is 29.6 Å². The van der Waals surface area contributed by atoms with Gasteiger partial charge in [0, 0.05) is 32.0 Å². The maximum atomic E-state index is 13.9. The molecule has 8 heteroatoms. The lowest BCUT2D eigenvalue weighted by Crippen LogP contribution is -2.56. The first-order valence-electron chi connectivity index (χ1n) is 13.2. The number of likely N-dealkylation sites (tertiary alicyclic amines) is 1. The molecule has 0 aromatic heterocycles. The van der Waals surface area contributed by atoms with E-state index in [-0.39, 0.29) is 23.8 Å². The number of ether oxygens (including phenoxy) is 2. The summed E-state index contributed by atoms with van der Waals surface area (Å²) in [5, 5.41) is 6.22. The van der Waals surface area contributed by atoms with E-state index in [0.717, 1.165) is 36.8 Å². The number of carbonyl (C=O) groups excluding carboxylic acids is 3. The van der Waals surface area contributed by atoms with E-state index in [0.29, 0.717) is 25.3 Å². The molecule has 1 aromatic carbocycles. The number of rotatable bonds is 8. The maximum Gasteiger partial charge on any atom is 0.246 e. The third-order valence-electron chi connectivity index (χ3n) is 8.11. The zero-order valence-corrected chi connectivity index (χ0v) is 21.4. The Morgan fingerprint density at radius 2 is 1.83 bits per heavy atom. The number of methoxy groups -OCH3 is 1. The molecule has 1 aromatic rings. The molecule has 3 heterocycles. The van der Waals surface area contributed by atoms with Crippen molar-refractivity contribution in [1.29, 1.82) is 0 Å². The van der Waals surface area contributed by atoms with Gasteiger partial charge in [-0.05, 0) is 56.4 Å². The number of hydrogen-bond acceptors (Lipinski definition) is 5. The highest BCUT2D eigenvalue weighted by Crippen LogP contribution is 2.55. The lowest BCUT2D eigenvalue weighted by Gasteiger charge is -2.34. The maximum absolute atomic E-state index is 13.9. The number of hydrogen-bond donors (Lipinski definition) is 2. The summed E-state index contributed by atoms with van der Waals surface area (Å²) in [7, 11) is 1.62. The number of amides is 3. The van der Waals surface area contributed by atoms with Crippen molar-refractivity contribution in [3.05, 3.63) is 41.5 Å². The summed E-state index contributed by atoms with van der Waals surface area (Å²) in [6, 6.07) is 5.19. The Labute approximate surface area is 212 Å². The van der Waals surface area contributed by atoms with Crippen LogP contribution in [-0.4, -0.2) is 66.7 Å². The third-order valence-corrected chi connectivity index (χ3v) is 8.11. The highest BCUT2D eigenvalue weighted by molar-refractivity contribution is 6.02. The van der Waals surface area contributed by atoms with Crippen molar-refractivity contribution >= 4 is 23.4 Å². The van der Waals surface area contributed by atoms with Crippen molar-refractivity contribution in [1.82, 2.24) is 10.2 Å². The molecule has 2 saturated heterocycles. The first-order valence-corrected chi connectivity index (χ1v) is 13.2. The molecule has 36 heavy (non-hydrogen) atoms. The van der Waals surface area contributed by atoms with E-state index in [4.69, 9.17) is 9.47 Å². The molecule has 1 saturated carbocycles. The largest absolute Gasteiger partial charge is 0.385 e. The molecule has 5 atom stereocenters. The molecule has 4 aliphatic rings. The Bertz CT molecular complexity index is 1050. The Morgan fingerprint density at radius 3 is 2.53 bits per heavy atom. The minimum absolute atomic E-state index is 0.115. The number of anilines is 1. The van der Waals surface area contributed by atoms with Crippen molar-refractivity contribution < 1.29 is 23.9 Å². The molecule has 194 valence electrons. The molecule has 3 fully saturated rings. The Morgan fingerprint density at radius 1 is 1.11 bits per heavy atom. The quantitative estimate of drug-likeness (QED) is 0.427. The Hall–Kier alpha value is -2.71. The van der Waals surface area contributed by atoms with Crippen LogP contribution in [0, 0.1) is 25.7 Å². The number of benzene rings is 1. The molecule has 3 amide bonds. The van der Waals surface area contributed by atoms with Gasteiger partial charge in [-0.25, -0.2) is 0 Å². The molecule has 1 spiro atoms. The molecule has 3 aliphatic heterocycles. The molecule has 1 aliphatic carbocycles. The fourth-order valence-corrected chi connectivity index (χ4v) is 6.69. The number of carbonyl (C=O) groups is 3. The van der Waals surface area contributed by atoms with Crippen LogP contribution in [0.15, 0.2) is 30.4 Å². The van der Waals surface area contributed by atoms with Crippen LogP contribution < -0.4 is 10.6 Å². The summed E-state index contributed by atoms with van der Waals surface area (Å²) in [6.07, 6.45) is 9.07. The minimum Gasteiger partial charge on any atom is -0.385 e. The second kappa shape index (κ2) is 9.98. The molecule has 2 N–H and O–H groups in total. The minimum atomic E-state index is -1.13. The molecular weight excluding hydrogens is 458 g/mol. The van der Waals surface area contributed by atoms with Gasteiger partial charge in [0.2, 0.25) is 17.7 Å². The van der Waals surface area contributed by atoms with Gasteiger partial charge in [-0.1, -0.05) is 37.5 Å². The standard InChI is InChI=1S/C28H37N3O5/c1-17-14-18(2)16-20(15-17)30-25(32)22-21-10-11-28(36-21)23(22)27(34)31(12-7-13-35-3)24(28)26(33)29-19-8-5-4-6-9-19/h10-11,14-16,19,21-24H,4-9,12-13H2,1-3H3,(H,29,33)(H,30,32)/t21-,22-,23-,24-,28-/m0/s1. The van der Waals surface area contributed by atoms with E-state index in [2.05, 4.69) is 10.6 Å². The van der Waals surface area contributed by atoms with Gasteiger partial charge in [0.05, 0.1) is 17.9 Å². The van der Waals surface area contributed by atoms with Gasteiger partial charge < -0.3 is 25.0 Å². The fraction of sp³-hybridized carbons (Fsp3) is 0.607. The monoisotopic (exact) mass is 495 g/mol. The topological polar surface area (TPSA) is 97.0 Å². The van der Waals surface area contributed by atoms with Crippen LogP contribution in [-0.2, 0) is 23.9 Å². The van der Waals surface area contributed by atoms with Gasteiger partial charge in [-0.2, -0.15) is 0 Å². The summed E-state index contributed by atoms with van der Waals surface area (Å²) in [5.41, 5.74) is 1.67. The van der Waals surface area contributed by atoms with Crippen molar-refractivity contribution in [2.45, 2.75) is 76.2 Å². The van der Waals surface area contributed by atoms with E-state index in [1.807, 2.05) is 44.2 Å². The predicted molar refractivity (Wildman–Crippen MR) is 135 cm³/mol. The number of nitrogens with one attached hydrogen (secondary N) is 2. The van der Waals surface area contributed by atoms with Crippen LogP contribution in [0.5, 0.6) is 0 Å². The third kappa shape index (κ3) is 4.34. The van der Waals surface area contributed by atoms with Gasteiger partial charge in [0.15, 0.2) is 0 Å². The van der Waals surface area contributed by atoms with Crippen molar-refractivity contribution in [2.75, 3.05) is 25.6 Å². The average Bonchev–Trinajstić information content (AvgIpc) is 3.47. The van der Waals surface area contributed by atoms with Crippen LogP contribution in [0.4, 0.5) is 5.69 Å². The van der Waals surface area contributed by atoms with Crippen LogP contribution in [0.25, 0.3) is 0 Å². The summed E-state index contributed by atoms with van der Waals surface area (Å²) in [4.78, 5) is 42.8. The molecule has 0 radical (unpaired) electrons. The van der Waals surface area contributed by atoms with Gasteiger partial charge >= 0.3 is 0 Å². The molecule has 2 bridgehead atoms. The lowest BCUT2D eigenvalue weighted by atomic mass is 9.74. The van der Waals surface area contributed by atoms with Gasteiger partial charge in [-0.15, -0.1) is 0 Å². The number of aryl methyl sites for hydroxylation is 2. The number of nitrogens with zero attached hydrogens (tertiary/aromatic N) is 1. The van der Waals surface area contributed by atoms with Crippen LogP contribution in [0.2, 0.25) is 0 Å². The zero-order valence-electron chi connectivity index (χ0n) is 21.4. The second-order valence-electron chi connectivity index (χ2n) is 10.8. The Kier molecular flexibility index (Phi) is 6.92. The first kappa shape index (κ1) is 25.0. The second-order valence-corrected chi connectivity index (χ2v) is 10.8. The molecular formula is C28H37N3O5. The van der Waals surface area contributed by atoms with Gasteiger partial charge in [0.25, 0.3) is 0 Å². The predicted octanol–water partition coefficient (Wildman–Crippen LogP) is 2.88. The van der Waals surface area contributed by atoms with Crippen molar-refractivity contribution in [2.24, 2.45) is 11.8 Å². The molecule has 8 nitrogen and oxygen atoms in total. The lowest BCUT2D eigenvalue weighted by molar-refractivity contribution is -0.141. The van der Waals surface area contributed by atoms with E-state index in [1.165, 1.54) is 6.42 Å². The average molecular weight is 496 g/mol. The summed E-state index contributed by atoms with van der Waals surface area (Å²) < 4.78 is 11.6. The first-order chi connectivity index (χ1) is 17.3. The van der Waals surface area contributed by atoms with Gasteiger partial charge in [-0.3, -0.25) is 14.4 Å². The van der Waals surface area contributed by atoms with Gasteiger partial charge in [0.1, 0.15) is 11.6 Å². The fourth-order valence-electron chi connectivity index (χ4n) is 6.69. The van der Waals surface area contributed by atoms with Crippen LogP contribution in [0.3, 0.4) is 0 Å². The van der Waals surface area contributed by atoms with E-state index >= 15 is 0 Å².